The fourth-order valence-electron chi connectivity index (χ4n) is 1.96. The Balaban J connectivity index is 2.28. The Morgan fingerprint density at radius 2 is 2.29 bits per heavy atom. The third-order valence-electron chi connectivity index (χ3n) is 2.99. The molecule has 0 aliphatic carbocycles. The summed E-state index contributed by atoms with van der Waals surface area (Å²) in [6, 6.07) is 2.70. The van der Waals surface area contributed by atoms with E-state index >= 15 is 0 Å². The van der Waals surface area contributed by atoms with Crippen LogP contribution in [0.25, 0.3) is 0 Å². The van der Waals surface area contributed by atoms with Gasteiger partial charge in [-0.05, 0) is 31.0 Å². The van der Waals surface area contributed by atoms with Crippen molar-refractivity contribution < 1.29 is 9.18 Å². The van der Waals surface area contributed by atoms with E-state index in [9.17, 15) is 9.18 Å². The van der Waals surface area contributed by atoms with E-state index in [-0.39, 0.29) is 17.0 Å². The topological polar surface area (TPSA) is 46.3 Å². The van der Waals surface area contributed by atoms with Crippen LogP contribution in [-0.4, -0.2) is 29.9 Å². The molecule has 0 radical (unpaired) electrons. The van der Waals surface area contributed by atoms with Crippen LogP contribution in [0, 0.1) is 12.7 Å². The quantitative estimate of drug-likeness (QED) is 0.835. The lowest BCUT2D eigenvalue weighted by Gasteiger charge is -2.17. The molecule has 3 nitrogen and oxygen atoms in total. The average Bonchev–Trinajstić information content (AvgIpc) is 2.69. The van der Waals surface area contributed by atoms with Crippen molar-refractivity contribution in [3.63, 3.8) is 0 Å². The summed E-state index contributed by atoms with van der Waals surface area (Å²) < 4.78 is 13.2. The fourth-order valence-corrected chi connectivity index (χ4v) is 2.19. The van der Waals surface area contributed by atoms with Crippen LogP contribution in [0.2, 0.25) is 5.02 Å². The van der Waals surface area contributed by atoms with Gasteiger partial charge in [-0.3, -0.25) is 4.79 Å². The smallest absolute Gasteiger partial charge is 0.255 e. The lowest BCUT2D eigenvalue weighted by molar-refractivity contribution is 0.0791. The maximum Gasteiger partial charge on any atom is 0.255 e. The molecule has 92 valence electrons. The molecule has 0 saturated carbocycles. The number of nitrogens with two attached hydrogens (primary N) is 1. The highest BCUT2D eigenvalue weighted by atomic mass is 35.5. The molecule has 1 aromatic carbocycles. The second kappa shape index (κ2) is 4.63. The van der Waals surface area contributed by atoms with Crippen LogP contribution >= 0.6 is 11.6 Å². The van der Waals surface area contributed by atoms with Crippen molar-refractivity contribution in [2.24, 2.45) is 5.73 Å². The highest BCUT2D eigenvalue weighted by Crippen LogP contribution is 2.23. The Morgan fingerprint density at radius 3 is 2.88 bits per heavy atom. The summed E-state index contributed by atoms with van der Waals surface area (Å²) >= 11 is 5.89. The zero-order valence-electron chi connectivity index (χ0n) is 9.54. The summed E-state index contributed by atoms with van der Waals surface area (Å²) in [4.78, 5) is 13.8. The second-order valence-electron chi connectivity index (χ2n) is 4.38. The normalized spacial score (nSPS) is 19.8. The van der Waals surface area contributed by atoms with Gasteiger partial charge in [-0.1, -0.05) is 11.6 Å². The molecular weight excluding hydrogens is 243 g/mol. The summed E-state index contributed by atoms with van der Waals surface area (Å²) in [7, 11) is 0. The van der Waals surface area contributed by atoms with Crippen LogP contribution in [0.1, 0.15) is 22.3 Å². The average molecular weight is 257 g/mol. The lowest BCUT2D eigenvalue weighted by Crippen LogP contribution is -2.32. The number of hydrogen-bond donors (Lipinski definition) is 1. The van der Waals surface area contributed by atoms with Crippen molar-refractivity contribution in [1.82, 2.24) is 4.90 Å². The van der Waals surface area contributed by atoms with E-state index in [0.717, 1.165) is 6.42 Å². The van der Waals surface area contributed by atoms with Gasteiger partial charge in [0.2, 0.25) is 0 Å². The summed E-state index contributed by atoms with van der Waals surface area (Å²) in [5, 5.41) is 0.151. The van der Waals surface area contributed by atoms with Crippen molar-refractivity contribution >= 4 is 17.5 Å². The maximum absolute atomic E-state index is 13.2. The van der Waals surface area contributed by atoms with Gasteiger partial charge in [0.1, 0.15) is 5.82 Å². The zero-order chi connectivity index (χ0) is 12.6. The minimum Gasteiger partial charge on any atom is -0.337 e. The van der Waals surface area contributed by atoms with Crippen molar-refractivity contribution in [2.45, 2.75) is 19.4 Å². The zero-order valence-corrected chi connectivity index (χ0v) is 10.3. The Morgan fingerprint density at radius 1 is 1.59 bits per heavy atom. The Labute approximate surface area is 104 Å². The fraction of sp³-hybridized carbons (Fsp3) is 0.417. The molecule has 1 fully saturated rings. The molecule has 0 bridgehead atoms. The summed E-state index contributed by atoms with van der Waals surface area (Å²) in [5.74, 6) is -0.573. The number of rotatable bonds is 1. The molecule has 0 aromatic heterocycles. The molecule has 5 heteroatoms. The van der Waals surface area contributed by atoms with Crippen LogP contribution < -0.4 is 5.73 Å². The van der Waals surface area contributed by atoms with Crippen LogP contribution in [0.3, 0.4) is 0 Å². The van der Waals surface area contributed by atoms with E-state index < -0.39 is 5.82 Å². The molecule has 1 aromatic rings. The van der Waals surface area contributed by atoms with Gasteiger partial charge in [0.05, 0.1) is 10.6 Å². The monoisotopic (exact) mass is 256 g/mol. The number of halogens is 2. The van der Waals surface area contributed by atoms with Crippen molar-refractivity contribution in [3.05, 3.63) is 34.1 Å². The highest BCUT2D eigenvalue weighted by molar-refractivity contribution is 6.33. The van der Waals surface area contributed by atoms with Gasteiger partial charge in [0.15, 0.2) is 0 Å². The largest absolute Gasteiger partial charge is 0.337 e. The maximum atomic E-state index is 13.2. The van der Waals surface area contributed by atoms with Gasteiger partial charge in [0, 0.05) is 19.1 Å². The van der Waals surface area contributed by atoms with Gasteiger partial charge in [-0.25, -0.2) is 4.39 Å². The number of carbonyl (C=O) groups excluding carboxylic acids is 1. The van der Waals surface area contributed by atoms with E-state index in [4.69, 9.17) is 17.3 Å². The van der Waals surface area contributed by atoms with Crippen LogP contribution in [-0.2, 0) is 0 Å². The minimum atomic E-state index is -0.398. The third kappa shape index (κ3) is 2.42. The molecule has 1 unspecified atom stereocenters. The van der Waals surface area contributed by atoms with E-state index in [1.54, 1.807) is 11.8 Å². The van der Waals surface area contributed by atoms with E-state index in [0.29, 0.717) is 24.2 Å². The second-order valence-corrected chi connectivity index (χ2v) is 4.79. The molecule has 1 atom stereocenters. The Bertz CT molecular complexity index is 464. The first-order valence-electron chi connectivity index (χ1n) is 5.49. The molecule has 1 aliphatic rings. The van der Waals surface area contributed by atoms with Crippen LogP contribution in [0.15, 0.2) is 12.1 Å². The number of hydrogen-bond acceptors (Lipinski definition) is 2. The van der Waals surface area contributed by atoms with E-state index in [2.05, 4.69) is 0 Å². The van der Waals surface area contributed by atoms with Crippen molar-refractivity contribution in [3.8, 4) is 0 Å². The number of benzene rings is 1. The summed E-state index contributed by atoms with van der Waals surface area (Å²) in [6.45, 7) is 2.77. The van der Waals surface area contributed by atoms with E-state index in [1.807, 2.05) is 0 Å². The first-order valence-corrected chi connectivity index (χ1v) is 5.87. The molecule has 1 aliphatic heterocycles. The predicted octanol–water partition coefficient (Wildman–Crippen LogP) is 1.96. The standard InChI is InChI=1S/C12H14ClFN2O/c1-7-4-9(10(13)5-11(7)14)12(17)16-3-2-8(15)6-16/h4-5,8H,2-3,6,15H2,1H3. The number of aryl methyl sites for hydroxylation is 1. The predicted molar refractivity (Wildman–Crippen MR) is 64.6 cm³/mol. The minimum absolute atomic E-state index is 0.0271. The van der Waals surface area contributed by atoms with Crippen molar-refractivity contribution in [1.29, 1.82) is 0 Å². The summed E-state index contributed by atoms with van der Waals surface area (Å²) in [5.41, 5.74) is 6.51. The van der Waals surface area contributed by atoms with Gasteiger partial charge in [0.25, 0.3) is 5.91 Å². The first kappa shape index (κ1) is 12.3. The number of likely N-dealkylation sites (tertiary alicyclic amines) is 1. The molecular formula is C12H14ClFN2O. The van der Waals surface area contributed by atoms with Gasteiger partial charge in [-0.15, -0.1) is 0 Å². The summed E-state index contributed by atoms with van der Waals surface area (Å²) in [6.07, 6.45) is 0.795. The lowest BCUT2D eigenvalue weighted by atomic mass is 10.1. The highest BCUT2D eigenvalue weighted by Gasteiger charge is 2.26. The van der Waals surface area contributed by atoms with Crippen LogP contribution in [0.5, 0.6) is 0 Å². The molecule has 1 amide bonds. The van der Waals surface area contributed by atoms with Gasteiger partial charge >= 0.3 is 0 Å². The molecule has 1 saturated heterocycles. The number of nitrogens with zero attached hydrogens (tertiary/aromatic N) is 1. The van der Waals surface area contributed by atoms with Gasteiger partial charge < -0.3 is 10.6 Å². The van der Waals surface area contributed by atoms with E-state index in [1.165, 1.54) is 12.1 Å². The molecule has 0 spiro atoms. The molecule has 2 rings (SSSR count). The first-order chi connectivity index (χ1) is 7.99. The Hall–Kier alpha value is -1.13. The number of carbonyl (C=O) groups is 1. The van der Waals surface area contributed by atoms with Crippen LogP contribution in [0.4, 0.5) is 4.39 Å². The van der Waals surface area contributed by atoms with Crippen molar-refractivity contribution in [2.75, 3.05) is 13.1 Å². The SMILES string of the molecule is Cc1cc(C(=O)N2CCC(N)C2)c(Cl)cc1F. The molecule has 17 heavy (non-hydrogen) atoms. The molecule has 2 N–H and O–H groups in total. The van der Waals surface area contributed by atoms with Gasteiger partial charge in [-0.2, -0.15) is 0 Å². The molecule has 1 heterocycles. The number of amides is 1. The third-order valence-corrected chi connectivity index (χ3v) is 3.30. The Kier molecular flexibility index (Phi) is 3.35.